The van der Waals surface area contributed by atoms with Crippen LogP contribution in [0.5, 0.6) is 11.5 Å². The van der Waals surface area contributed by atoms with Crippen molar-refractivity contribution in [3.63, 3.8) is 0 Å². The molecule has 0 bridgehead atoms. The molecule has 256 valence electrons. The van der Waals surface area contributed by atoms with Crippen molar-refractivity contribution >= 4 is 51.9 Å². The maximum absolute atomic E-state index is 14.8. The van der Waals surface area contributed by atoms with E-state index in [4.69, 9.17) is 14.2 Å². The quantitative estimate of drug-likeness (QED) is 0.192. The van der Waals surface area contributed by atoms with Gasteiger partial charge in [-0.05, 0) is 30.7 Å². The summed E-state index contributed by atoms with van der Waals surface area (Å²) in [7, 11) is 0. The summed E-state index contributed by atoms with van der Waals surface area (Å²) in [5.74, 6) is -7.31. The van der Waals surface area contributed by atoms with Crippen LogP contribution < -0.4 is 30.3 Å². The molecule has 4 heterocycles. The molecule has 3 aromatic rings. The zero-order chi connectivity index (χ0) is 34.7. The number of anilines is 1. The average Bonchev–Trinajstić information content (AvgIpc) is 3.68. The molecule has 0 aliphatic carbocycles. The summed E-state index contributed by atoms with van der Waals surface area (Å²) in [6.07, 6.45) is -0.0619. The molecule has 1 unspecified atom stereocenters. The largest absolute Gasteiger partial charge is 0.483 e. The Morgan fingerprint density at radius 3 is 2.45 bits per heavy atom. The molecule has 2 saturated heterocycles. The number of rotatable bonds is 11. The van der Waals surface area contributed by atoms with Gasteiger partial charge in [0.25, 0.3) is 23.6 Å². The number of nitrogens with one attached hydrogen (secondary N) is 3. The van der Waals surface area contributed by atoms with Crippen molar-refractivity contribution < 1.29 is 51.8 Å². The first-order valence-corrected chi connectivity index (χ1v) is 15.9. The normalized spacial score (nSPS) is 17.5. The maximum Gasteiger partial charge on any atom is 0.266 e. The van der Waals surface area contributed by atoms with E-state index in [1.54, 1.807) is 5.38 Å². The van der Waals surface area contributed by atoms with E-state index >= 15 is 0 Å². The van der Waals surface area contributed by atoms with Gasteiger partial charge in [0.1, 0.15) is 11.8 Å². The molecule has 18 heteroatoms. The summed E-state index contributed by atoms with van der Waals surface area (Å²) in [6, 6.07) is 5.27. The number of imide groups is 2. The fraction of sp³-hybridized carbons (Fsp3) is 0.323. The standard InChI is InChI=1S/C31H28F2N6O9S/c32-18-5-4-16(19-14-49-31(36-19)38-8-10-46-11-9-38)27(26(18)33)48-13-24(42)35-15-34-23(41)12-47-21-3-1-2-17-25(21)30(45)39(29(17)44)20-6-7-22(40)37-28(20)43/h1-5,14,20H,6-13,15H2,(H,34,41)(H,35,42)(H,37,40,43). The Balaban J connectivity index is 1.00. The van der Waals surface area contributed by atoms with Crippen LogP contribution in [0.1, 0.15) is 33.6 Å². The smallest absolute Gasteiger partial charge is 0.266 e. The topological polar surface area (TPSA) is 186 Å². The number of ether oxygens (including phenoxy) is 3. The van der Waals surface area contributed by atoms with Crippen LogP contribution in [0.4, 0.5) is 13.9 Å². The van der Waals surface area contributed by atoms with E-state index in [1.165, 1.54) is 35.6 Å². The summed E-state index contributed by atoms with van der Waals surface area (Å²) in [6.45, 7) is 0.653. The molecular weight excluding hydrogens is 670 g/mol. The number of amides is 6. The average molecular weight is 699 g/mol. The Hall–Kier alpha value is -5.49. The van der Waals surface area contributed by atoms with Gasteiger partial charge in [-0.3, -0.25) is 39.0 Å². The van der Waals surface area contributed by atoms with Crippen molar-refractivity contribution in [1.29, 1.82) is 0 Å². The molecule has 6 rings (SSSR count). The Bertz CT molecular complexity index is 1850. The summed E-state index contributed by atoms with van der Waals surface area (Å²) in [5, 5.41) is 9.20. The molecule has 0 spiro atoms. The molecule has 0 radical (unpaired) electrons. The minimum atomic E-state index is -1.29. The number of aromatic nitrogens is 1. The van der Waals surface area contributed by atoms with Crippen molar-refractivity contribution in [2.24, 2.45) is 0 Å². The van der Waals surface area contributed by atoms with E-state index in [0.717, 1.165) is 11.0 Å². The summed E-state index contributed by atoms with van der Waals surface area (Å²) < 4.78 is 45.1. The zero-order valence-corrected chi connectivity index (χ0v) is 26.4. The van der Waals surface area contributed by atoms with Crippen LogP contribution in [0, 0.1) is 11.6 Å². The third-order valence-corrected chi connectivity index (χ3v) is 8.71. The van der Waals surface area contributed by atoms with Crippen LogP contribution in [-0.4, -0.2) is 97.6 Å². The predicted molar refractivity (Wildman–Crippen MR) is 166 cm³/mol. The number of thiazole rings is 1. The molecule has 3 aliphatic heterocycles. The SMILES string of the molecule is O=C(COc1cccc2c1C(=O)N(C1CCC(=O)NC1=O)C2=O)NCNC(=O)COc1c(-c2csc(N3CCOCC3)n2)ccc(F)c1F. The highest BCUT2D eigenvalue weighted by Gasteiger charge is 2.46. The molecule has 3 aliphatic rings. The number of nitrogens with zero attached hydrogens (tertiary/aromatic N) is 3. The number of carbonyl (C=O) groups is 6. The lowest BCUT2D eigenvalue weighted by Gasteiger charge is -2.27. The van der Waals surface area contributed by atoms with E-state index in [-0.39, 0.29) is 42.0 Å². The molecule has 49 heavy (non-hydrogen) atoms. The number of carbonyl (C=O) groups excluding carboxylic acids is 6. The van der Waals surface area contributed by atoms with Crippen LogP contribution in [0.15, 0.2) is 35.7 Å². The van der Waals surface area contributed by atoms with Gasteiger partial charge in [-0.1, -0.05) is 6.07 Å². The third-order valence-electron chi connectivity index (χ3n) is 7.81. The van der Waals surface area contributed by atoms with E-state index in [0.29, 0.717) is 37.1 Å². The minimum absolute atomic E-state index is 0.0220. The lowest BCUT2D eigenvalue weighted by Crippen LogP contribution is -2.54. The van der Waals surface area contributed by atoms with Gasteiger partial charge in [-0.15, -0.1) is 11.3 Å². The molecule has 1 atom stereocenters. The second kappa shape index (κ2) is 14.3. The first-order chi connectivity index (χ1) is 23.6. The maximum atomic E-state index is 14.8. The van der Waals surface area contributed by atoms with E-state index in [2.05, 4.69) is 20.9 Å². The number of piperidine rings is 1. The number of fused-ring (bicyclic) bond motifs is 1. The van der Waals surface area contributed by atoms with E-state index < -0.39 is 72.1 Å². The highest BCUT2D eigenvalue weighted by Crippen LogP contribution is 2.37. The molecule has 15 nitrogen and oxygen atoms in total. The first kappa shape index (κ1) is 33.4. The van der Waals surface area contributed by atoms with E-state index in [1.807, 2.05) is 4.90 Å². The van der Waals surface area contributed by atoms with Crippen molar-refractivity contribution in [2.75, 3.05) is 51.1 Å². The second-order valence-corrected chi connectivity index (χ2v) is 11.8. The number of halogens is 2. The van der Waals surface area contributed by atoms with Crippen molar-refractivity contribution in [1.82, 2.24) is 25.8 Å². The zero-order valence-electron chi connectivity index (χ0n) is 25.6. The fourth-order valence-electron chi connectivity index (χ4n) is 5.39. The molecule has 3 N–H and O–H groups in total. The third kappa shape index (κ3) is 7.05. The van der Waals surface area contributed by atoms with Gasteiger partial charge < -0.3 is 29.7 Å². The lowest BCUT2D eigenvalue weighted by molar-refractivity contribution is -0.136. The Morgan fingerprint density at radius 2 is 1.71 bits per heavy atom. The van der Waals surface area contributed by atoms with Gasteiger partial charge in [-0.2, -0.15) is 4.39 Å². The van der Waals surface area contributed by atoms with Crippen LogP contribution in [0.3, 0.4) is 0 Å². The Labute approximate surface area is 280 Å². The summed E-state index contributed by atoms with van der Waals surface area (Å²) in [4.78, 5) is 82.1. The van der Waals surface area contributed by atoms with Crippen molar-refractivity contribution in [2.45, 2.75) is 18.9 Å². The predicted octanol–water partition coefficient (Wildman–Crippen LogP) is 0.974. The summed E-state index contributed by atoms with van der Waals surface area (Å²) >= 11 is 1.32. The van der Waals surface area contributed by atoms with Crippen LogP contribution in [-0.2, 0) is 23.9 Å². The van der Waals surface area contributed by atoms with Gasteiger partial charge in [0.05, 0.1) is 36.7 Å². The highest BCUT2D eigenvalue weighted by molar-refractivity contribution is 7.14. The Kier molecular flexibility index (Phi) is 9.77. The number of hydrogen-bond donors (Lipinski definition) is 3. The molecule has 2 fully saturated rings. The lowest BCUT2D eigenvalue weighted by atomic mass is 10.0. The highest BCUT2D eigenvalue weighted by atomic mass is 32.1. The first-order valence-electron chi connectivity index (χ1n) is 15.0. The molecular formula is C31H28F2N6O9S. The fourth-order valence-corrected chi connectivity index (χ4v) is 6.27. The van der Waals surface area contributed by atoms with Gasteiger partial charge >= 0.3 is 0 Å². The molecule has 6 amide bonds. The van der Waals surface area contributed by atoms with Gasteiger partial charge in [0.2, 0.25) is 17.6 Å². The molecule has 0 saturated carbocycles. The van der Waals surface area contributed by atoms with Crippen LogP contribution >= 0.6 is 11.3 Å². The number of benzene rings is 2. The second-order valence-electron chi connectivity index (χ2n) is 10.9. The monoisotopic (exact) mass is 698 g/mol. The van der Waals surface area contributed by atoms with Crippen LogP contribution in [0.25, 0.3) is 11.3 Å². The van der Waals surface area contributed by atoms with Crippen molar-refractivity contribution in [3.05, 3.63) is 58.5 Å². The van der Waals surface area contributed by atoms with Gasteiger partial charge in [-0.25, -0.2) is 9.37 Å². The van der Waals surface area contributed by atoms with Gasteiger partial charge in [0, 0.05) is 30.5 Å². The van der Waals surface area contributed by atoms with E-state index in [9.17, 15) is 37.5 Å². The van der Waals surface area contributed by atoms with Gasteiger partial charge in [0.15, 0.2) is 29.9 Å². The molecule has 2 aromatic carbocycles. The van der Waals surface area contributed by atoms with Crippen molar-refractivity contribution in [3.8, 4) is 22.8 Å². The Morgan fingerprint density at radius 1 is 0.980 bits per heavy atom. The van der Waals surface area contributed by atoms with Crippen LogP contribution in [0.2, 0.25) is 0 Å². The summed E-state index contributed by atoms with van der Waals surface area (Å²) in [5.41, 5.74) is 0.340. The molecule has 1 aromatic heterocycles. The number of morpholine rings is 1. The minimum Gasteiger partial charge on any atom is -0.483 e. The number of hydrogen-bond acceptors (Lipinski definition) is 12.